The lowest BCUT2D eigenvalue weighted by Crippen LogP contribution is -2.41. The molecule has 0 saturated carbocycles. The third kappa shape index (κ3) is 4.69. The summed E-state index contributed by atoms with van der Waals surface area (Å²) in [5, 5.41) is 0. The van der Waals surface area contributed by atoms with Crippen molar-refractivity contribution in [1.82, 2.24) is 9.62 Å². The lowest BCUT2D eigenvalue weighted by atomic mass is 9.96. The summed E-state index contributed by atoms with van der Waals surface area (Å²) in [5.74, 6) is 0.257. The predicted octanol–water partition coefficient (Wildman–Crippen LogP) is 3.58. The predicted molar refractivity (Wildman–Crippen MR) is 101 cm³/mol. The van der Waals surface area contributed by atoms with Gasteiger partial charge in [-0.2, -0.15) is 0 Å². The third-order valence-electron chi connectivity index (χ3n) is 5.03. The number of hydrogen-bond donors (Lipinski definition) is 1. The van der Waals surface area contributed by atoms with Gasteiger partial charge in [0.2, 0.25) is 10.0 Å². The van der Waals surface area contributed by atoms with Crippen molar-refractivity contribution in [2.24, 2.45) is 5.92 Å². The Bertz CT molecular complexity index is 801. The van der Waals surface area contributed by atoms with Crippen LogP contribution in [0.1, 0.15) is 31.4 Å². The monoisotopic (exact) mass is 376 g/mol. The lowest BCUT2D eigenvalue weighted by Gasteiger charge is -2.37. The Balaban J connectivity index is 1.76. The number of rotatable bonds is 6. The highest BCUT2D eigenvalue weighted by Gasteiger charge is 2.26. The fourth-order valence-corrected chi connectivity index (χ4v) is 4.40. The van der Waals surface area contributed by atoms with E-state index in [1.54, 1.807) is 0 Å². The van der Waals surface area contributed by atoms with Gasteiger partial charge in [-0.1, -0.05) is 37.3 Å². The SMILES string of the molecule is CC1CCN([C@@H](CNS(=O)(=O)c2ccc(F)cc2)c2ccccc2)CC1. The number of nitrogens with one attached hydrogen (secondary N) is 1. The van der Waals surface area contributed by atoms with Gasteiger partial charge < -0.3 is 0 Å². The maximum absolute atomic E-state index is 13.1. The van der Waals surface area contributed by atoms with Gasteiger partial charge in [0.25, 0.3) is 0 Å². The summed E-state index contributed by atoms with van der Waals surface area (Å²) in [6.45, 7) is 4.46. The van der Waals surface area contributed by atoms with Gasteiger partial charge in [0.1, 0.15) is 5.82 Å². The molecule has 0 aliphatic carbocycles. The molecule has 4 nitrogen and oxygen atoms in total. The zero-order valence-electron chi connectivity index (χ0n) is 14.9. The van der Waals surface area contributed by atoms with Crippen LogP contribution in [0.4, 0.5) is 4.39 Å². The first kappa shape index (κ1) is 19.0. The first-order valence-corrected chi connectivity index (χ1v) is 10.5. The summed E-state index contributed by atoms with van der Waals surface area (Å²) >= 11 is 0. The van der Waals surface area contributed by atoms with E-state index in [1.165, 1.54) is 12.1 Å². The molecule has 26 heavy (non-hydrogen) atoms. The Morgan fingerprint density at radius 2 is 1.69 bits per heavy atom. The van der Waals surface area contributed by atoms with Crippen LogP contribution in [0.2, 0.25) is 0 Å². The van der Waals surface area contributed by atoms with Crippen LogP contribution in [0.25, 0.3) is 0 Å². The molecule has 0 spiro atoms. The number of halogens is 1. The summed E-state index contributed by atoms with van der Waals surface area (Å²) in [7, 11) is -3.67. The van der Waals surface area contributed by atoms with E-state index in [1.807, 2.05) is 30.3 Å². The molecular formula is C20H25FN2O2S. The molecule has 140 valence electrons. The molecule has 0 amide bonds. The van der Waals surface area contributed by atoms with Gasteiger partial charge >= 0.3 is 0 Å². The molecule has 1 heterocycles. The molecule has 1 aliphatic heterocycles. The average Bonchev–Trinajstić information content (AvgIpc) is 2.64. The molecular weight excluding hydrogens is 351 g/mol. The first-order chi connectivity index (χ1) is 12.5. The van der Waals surface area contributed by atoms with E-state index in [0.717, 1.165) is 43.6 Å². The molecule has 0 radical (unpaired) electrons. The topological polar surface area (TPSA) is 49.4 Å². The van der Waals surface area contributed by atoms with Crippen molar-refractivity contribution in [2.45, 2.75) is 30.7 Å². The summed E-state index contributed by atoms with van der Waals surface area (Å²) in [5.41, 5.74) is 1.10. The normalized spacial score (nSPS) is 17.9. The van der Waals surface area contributed by atoms with Gasteiger partial charge in [-0.05, 0) is 61.7 Å². The van der Waals surface area contributed by atoms with Gasteiger partial charge in [0, 0.05) is 12.6 Å². The van der Waals surface area contributed by atoms with Gasteiger partial charge in [0.15, 0.2) is 0 Å². The van der Waals surface area contributed by atoms with Crippen LogP contribution >= 0.6 is 0 Å². The van der Waals surface area contributed by atoms with Crippen LogP contribution in [-0.2, 0) is 10.0 Å². The minimum absolute atomic E-state index is 0.0149. The van der Waals surface area contributed by atoms with Gasteiger partial charge in [-0.25, -0.2) is 17.5 Å². The van der Waals surface area contributed by atoms with Crippen LogP contribution in [-0.4, -0.2) is 33.0 Å². The molecule has 0 bridgehead atoms. The Hall–Kier alpha value is -1.76. The van der Waals surface area contributed by atoms with Crippen LogP contribution in [0, 0.1) is 11.7 Å². The maximum atomic E-state index is 13.1. The second-order valence-electron chi connectivity index (χ2n) is 6.95. The largest absolute Gasteiger partial charge is 0.295 e. The van der Waals surface area contributed by atoms with Crippen molar-refractivity contribution < 1.29 is 12.8 Å². The van der Waals surface area contributed by atoms with Crippen LogP contribution in [0.5, 0.6) is 0 Å². The van der Waals surface area contributed by atoms with Crippen molar-refractivity contribution in [3.05, 3.63) is 66.0 Å². The lowest BCUT2D eigenvalue weighted by molar-refractivity contribution is 0.139. The van der Waals surface area contributed by atoms with Crippen LogP contribution < -0.4 is 4.72 Å². The highest BCUT2D eigenvalue weighted by atomic mass is 32.2. The molecule has 1 fully saturated rings. The van der Waals surface area contributed by atoms with Crippen molar-refractivity contribution in [3.63, 3.8) is 0 Å². The highest BCUT2D eigenvalue weighted by molar-refractivity contribution is 7.89. The Morgan fingerprint density at radius 1 is 1.08 bits per heavy atom. The zero-order chi connectivity index (χ0) is 18.6. The van der Waals surface area contributed by atoms with Crippen molar-refractivity contribution >= 4 is 10.0 Å². The molecule has 1 atom stereocenters. The van der Waals surface area contributed by atoms with E-state index in [0.29, 0.717) is 5.92 Å². The average molecular weight is 376 g/mol. The molecule has 0 unspecified atom stereocenters. The van der Waals surface area contributed by atoms with Crippen molar-refractivity contribution in [1.29, 1.82) is 0 Å². The molecule has 6 heteroatoms. The van der Waals surface area contributed by atoms with E-state index >= 15 is 0 Å². The first-order valence-electron chi connectivity index (χ1n) is 9.00. The number of sulfonamides is 1. The third-order valence-corrected chi connectivity index (χ3v) is 6.47. The highest BCUT2D eigenvalue weighted by Crippen LogP contribution is 2.26. The smallest absolute Gasteiger partial charge is 0.240 e. The summed E-state index contributed by atoms with van der Waals surface area (Å²) in [4.78, 5) is 2.43. The molecule has 1 N–H and O–H groups in total. The van der Waals surface area contributed by atoms with Crippen LogP contribution in [0.3, 0.4) is 0 Å². The van der Waals surface area contributed by atoms with E-state index < -0.39 is 15.8 Å². The number of benzene rings is 2. The molecule has 2 aromatic carbocycles. The number of likely N-dealkylation sites (tertiary alicyclic amines) is 1. The molecule has 3 rings (SSSR count). The molecule has 2 aromatic rings. The van der Waals surface area contributed by atoms with Gasteiger partial charge in [0.05, 0.1) is 4.90 Å². The Morgan fingerprint density at radius 3 is 2.31 bits per heavy atom. The summed E-state index contributed by atoms with van der Waals surface area (Å²) < 4.78 is 40.9. The van der Waals surface area contributed by atoms with E-state index in [4.69, 9.17) is 0 Å². The fraction of sp³-hybridized carbons (Fsp3) is 0.400. The zero-order valence-corrected chi connectivity index (χ0v) is 15.8. The van der Waals surface area contributed by atoms with Crippen molar-refractivity contribution in [2.75, 3.05) is 19.6 Å². The second kappa shape index (κ2) is 8.29. The molecule has 1 aliphatic rings. The molecule has 1 saturated heterocycles. The van der Waals surface area contributed by atoms with E-state index in [9.17, 15) is 12.8 Å². The standard InChI is InChI=1S/C20H25FN2O2S/c1-16-11-13-23(14-12-16)20(17-5-3-2-4-6-17)15-22-26(24,25)19-9-7-18(21)8-10-19/h2-10,16,20,22H,11-15H2,1H3/t20-/m0/s1. The van der Waals surface area contributed by atoms with E-state index in [-0.39, 0.29) is 17.5 Å². The Labute approximate surface area is 155 Å². The number of piperidine rings is 1. The van der Waals surface area contributed by atoms with Crippen LogP contribution in [0.15, 0.2) is 59.5 Å². The minimum atomic E-state index is -3.67. The second-order valence-corrected chi connectivity index (χ2v) is 8.72. The fourth-order valence-electron chi connectivity index (χ4n) is 3.36. The summed E-state index contributed by atoms with van der Waals surface area (Å²) in [6.07, 6.45) is 2.24. The maximum Gasteiger partial charge on any atom is 0.240 e. The summed E-state index contributed by atoms with van der Waals surface area (Å²) in [6, 6.07) is 14.9. The Kier molecular flexibility index (Phi) is 6.06. The number of hydrogen-bond acceptors (Lipinski definition) is 3. The molecule has 0 aromatic heterocycles. The minimum Gasteiger partial charge on any atom is -0.295 e. The van der Waals surface area contributed by atoms with Gasteiger partial charge in [-0.3, -0.25) is 4.90 Å². The number of nitrogens with zero attached hydrogens (tertiary/aromatic N) is 1. The van der Waals surface area contributed by atoms with Gasteiger partial charge in [-0.15, -0.1) is 0 Å². The van der Waals surface area contributed by atoms with Crippen molar-refractivity contribution in [3.8, 4) is 0 Å². The quantitative estimate of drug-likeness (QED) is 0.838. The van der Waals surface area contributed by atoms with E-state index in [2.05, 4.69) is 16.5 Å².